The van der Waals surface area contributed by atoms with Crippen molar-refractivity contribution in [3.63, 3.8) is 0 Å². The summed E-state index contributed by atoms with van der Waals surface area (Å²) in [6.07, 6.45) is 3.84. The molecule has 2 amide bonds. The first kappa shape index (κ1) is 22.1. The summed E-state index contributed by atoms with van der Waals surface area (Å²) in [7, 11) is 0. The van der Waals surface area contributed by atoms with Crippen molar-refractivity contribution in [2.24, 2.45) is 5.92 Å². The molecule has 2 saturated heterocycles. The highest BCUT2D eigenvalue weighted by molar-refractivity contribution is 6.00. The molecular formula is C25H29N7O2. The van der Waals surface area contributed by atoms with E-state index in [0.717, 1.165) is 22.9 Å². The van der Waals surface area contributed by atoms with E-state index in [1.54, 1.807) is 15.8 Å². The van der Waals surface area contributed by atoms with Crippen molar-refractivity contribution >= 4 is 23.3 Å². The van der Waals surface area contributed by atoms with Crippen LogP contribution < -0.4 is 9.80 Å². The Morgan fingerprint density at radius 3 is 2.44 bits per heavy atom. The van der Waals surface area contributed by atoms with E-state index in [9.17, 15) is 9.59 Å². The Bertz CT molecular complexity index is 1220. The Balaban J connectivity index is 1.23. The third kappa shape index (κ3) is 4.25. The van der Waals surface area contributed by atoms with Gasteiger partial charge in [-0.25, -0.2) is 14.6 Å². The normalized spacial score (nSPS) is 18.6. The lowest BCUT2D eigenvalue weighted by atomic mass is 10.1. The van der Waals surface area contributed by atoms with Crippen molar-refractivity contribution in [1.82, 2.24) is 24.6 Å². The number of nitrogens with zero attached hydrogens (tertiary/aromatic N) is 7. The van der Waals surface area contributed by atoms with Crippen LogP contribution in [0.3, 0.4) is 0 Å². The van der Waals surface area contributed by atoms with Crippen LogP contribution in [0.5, 0.6) is 0 Å². The second kappa shape index (κ2) is 8.89. The minimum Gasteiger partial charge on any atom is -0.353 e. The van der Waals surface area contributed by atoms with Crippen LogP contribution in [0.15, 0.2) is 42.7 Å². The van der Waals surface area contributed by atoms with Gasteiger partial charge in [0.1, 0.15) is 11.6 Å². The van der Waals surface area contributed by atoms with Crippen molar-refractivity contribution < 1.29 is 9.59 Å². The quantitative estimate of drug-likeness (QED) is 0.595. The number of aryl methyl sites for hydroxylation is 3. The second-order valence-corrected chi connectivity index (χ2v) is 9.07. The van der Waals surface area contributed by atoms with Gasteiger partial charge in [-0.15, -0.1) is 0 Å². The van der Waals surface area contributed by atoms with E-state index < -0.39 is 0 Å². The summed E-state index contributed by atoms with van der Waals surface area (Å²) in [4.78, 5) is 40.8. The molecule has 9 nitrogen and oxygen atoms in total. The molecule has 1 atom stereocenters. The van der Waals surface area contributed by atoms with E-state index in [2.05, 4.69) is 26.9 Å². The Morgan fingerprint density at radius 1 is 0.971 bits per heavy atom. The van der Waals surface area contributed by atoms with Gasteiger partial charge in [0.2, 0.25) is 11.8 Å². The third-order valence-corrected chi connectivity index (χ3v) is 6.74. The van der Waals surface area contributed by atoms with E-state index in [4.69, 9.17) is 0 Å². The molecule has 0 spiro atoms. The Morgan fingerprint density at radius 2 is 1.74 bits per heavy atom. The highest BCUT2D eigenvalue weighted by atomic mass is 16.2. The average Bonchev–Trinajstić information content (AvgIpc) is 3.50. The maximum atomic E-state index is 13.2. The standard InChI is InChI=1S/C25H29N7O2/c1-17-5-6-21(13-18(17)2)31-16-20(14-24(31)33)25(34)30-11-9-29(10-12-30)22-15-23(28-19(3)27-22)32-8-4-7-26-32/h4-8,13,15,20H,9-12,14,16H2,1-3H3. The van der Waals surface area contributed by atoms with Crippen molar-refractivity contribution in [2.45, 2.75) is 27.2 Å². The molecule has 0 radical (unpaired) electrons. The maximum absolute atomic E-state index is 13.2. The summed E-state index contributed by atoms with van der Waals surface area (Å²) in [5.41, 5.74) is 3.21. The lowest BCUT2D eigenvalue weighted by Crippen LogP contribution is -2.51. The van der Waals surface area contributed by atoms with Crippen LogP contribution in [0.25, 0.3) is 5.82 Å². The van der Waals surface area contributed by atoms with E-state index in [0.29, 0.717) is 38.5 Å². The number of carbonyl (C=O) groups excluding carboxylic acids is 2. The number of aromatic nitrogens is 4. The summed E-state index contributed by atoms with van der Waals surface area (Å²) in [5, 5.41) is 4.26. The first-order valence-electron chi connectivity index (χ1n) is 11.7. The van der Waals surface area contributed by atoms with Gasteiger partial charge >= 0.3 is 0 Å². The molecule has 176 valence electrons. The predicted molar refractivity (Wildman–Crippen MR) is 129 cm³/mol. The van der Waals surface area contributed by atoms with Gasteiger partial charge < -0.3 is 14.7 Å². The zero-order chi connectivity index (χ0) is 23.8. The SMILES string of the molecule is Cc1nc(N2CCN(C(=O)C3CC(=O)N(c4ccc(C)c(C)c4)C3)CC2)cc(-n2cccn2)n1. The molecule has 9 heteroatoms. The monoisotopic (exact) mass is 459 g/mol. The lowest BCUT2D eigenvalue weighted by molar-refractivity contribution is -0.136. The smallest absolute Gasteiger partial charge is 0.228 e. The van der Waals surface area contributed by atoms with Crippen LogP contribution in [-0.4, -0.2) is 69.2 Å². The van der Waals surface area contributed by atoms with E-state index in [-0.39, 0.29) is 24.2 Å². The Kier molecular flexibility index (Phi) is 5.77. The van der Waals surface area contributed by atoms with Gasteiger partial charge in [0.15, 0.2) is 5.82 Å². The van der Waals surface area contributed by atoms with Crippen LogP contribution in [0, 0.1) is 26.7 Å². The van der Waals surface area contributed by atoms with Crippen LogP contribution in [0.2, 0.25) is 0 Å². The highest BCUT2D eigenvalue weighted by Crippen LogP contribution is 2.28. The molecule has 34 heavy (non-hydrogen) atoms. The molecule has 1 unspecified atom stereocenters. The molecule has 0 N–H and O–H groups in total. The fourth-order valence-corrected chi connectivity index (χ4v) is 4.65. The third-order valence-electron chi connectivity index (χ3n) is 6.74. The number of rotatable bonds is 4. The first-order chi connectivity index (χ1) is 16.4. The summed E-state index contributed by atoms with van der Waals surface area (Å²) in [6, 6.07) is 9.80. The van der Waals surface area contributed by atoms with Gasteiger partial charge in [-0.05, 0) is 50.1 Å². The largest absolute Gasteiger partial charge is 0.353 e. The fraction of sp³-hybridized carbons (Fsp3) is 0.400. The number of hydrogen-bond acceptors (Lipinski definition) is 6. The molecule has 3 aromatic rings. The van der Waals surface area contributed by atoms with Gasteiger partial charge in [0.25, 0.3) is 0 Å². The van der Waals surface area contributed by atoms with Crippen LogP contribution in [-0.2, 0) is 9.59 Å². The second-order valence-electron chi connectivity index (χ2n) is 9.07. The minimum atomic E-state index is -0.298. The average molecular weight is 460 g/mol. The summed E-state index contributed by atoms with van der Waals surface area (Å²) in [6.45, 7) is 8.98. The van der Waals surface area contributed by atoms with Gasteiger partial charge in [-0.3, -0.25) is 9.59 Å². The summed E-state index contributed by atoms with van der Waals surface area (Å²) >= 11 is 0. The van der Waals surface area contributed by atoms with Crippen molar-refractivity contribution in [3.05, 3.63) is 59.7 Å². The number of benzene rings is 1. The Labute approximate surface area is 199 Å². The van der Waals surface area contributed by atoms with E-state index in [1.165, 1.54) is 5.56 Å². The number of amides is 2. The molecule has 2 aromatic heterocycles. The molecule has 2 aliphatic rings. The number of piperazine rings is 1. The zero-order valence-corrected chi connectivity index (χ0v) is 19.8. The molecule has 1 aromatic carbocycles. The minimum absolute atomic E-state index is 0.0165. The molecule has 5 rings (SSSR count). The Hall–Kier alpha value is -3.75. The number of anilines is 2. The van der Waals surface area contributed by atoms with Crippen LogP contribution >= 0.6 is 0 Å². The zero-order valence-electron chi connectivity index (χ0n) is 19.8. The van der Waals surface area contributed by atoms with Crippen LogP contribution in [0.1, 0.15) is 23.4 Å². The van der Waals surface area contributed by atoms with E-state index in [1.807, 2.05) is 55.3 Å². The highest BCUT2D eigenvalue weighted by Gasteiger charge is 2.38. The first-order valence-corrected chi connectivity index (χ1v) is 11.7. The fourth-order valence-electron chi connectivity index (χ4n) is 4.65. The molecule has 2 fully saturated rings. The number of hydrogen-bond donors (Lipinski definition) is 0. The van der Waals surface area contributed by atoms with Crippen molar-refractivity contribution in [1.29, 1.82) is 0 Å². The summed E-state index contributed by atoms with van der Waals surface area (Å²) in [5.74, 6) is 2.02. The van der Waals surface area contributed by atoms with Gasteiger partial charge in [-0.1, -0.05) is 6.07 Å². The molecular weight excluding hydrogens is 430 g/mol. The van der Waals surface area contributed by atoms with Crippen molar-refractivity contribution in [3.8, 4) is 5.82 Å². The maximum Gasteiger partial charge on any atom is 0.228 e. The molecule has 0 aliphatic carbocycles. The summed E-state index contributed by atoms with van der Waals surface area (Å²) < 4.78 is 1.72. The van der Waals surface area contributed by atoms with Gasteiger partial charge in [0, 0.05) is 63.3 Å². The topological polar surface area (TPSA) is 87.5 Å². The predicted octanol–water partition coefficient (Wildman–Crippen LogP) is 2.29. The molecule has 0 saturated carbocycles. The molecule has 2 aliphatic heterocycles. The molecule has 4 heterocycles. The van der Waals surface area contributed by atoms with Crippen LogP contribution in [0.4, 0.5) is 11.5 Å². The number of carbonyl (C=O) groups is 2. The van der Waals surface area contributed by atoms with E-state index >= 15 is 0 Å². The molecule has 0 bridgehead atoms. The lowest BCUT2D eigenvalue weighted by Gasteiger charge is -2.36. The van der Waals surface area contributed by atoms with Gasteiger partial charge in [0.05, 0.1) is 5.92 Å². The van der Waals surface area contributed by atoms with Gasteiger partial charge in [-0.2, -0.15) is 5.10 Å². The van der Waals surface area contributed by atoms with Crippen molar-refractivity contribution in [2.75, 3.05) is 42.5 Å².